The van der Waals surface area contributed by atoms with Crippen molar-refractivity contribution in [1.82, 2.24) is 19.5 Å². The highest BCUT2D eigenvalue weighted by molar-refractivity contribution is 9.10. The van der Waals surface area contributed by atoms with Crippen molar-refractivity contribution < 1.29 is 30.7 Å². The van der Waals surface area contributed by atoms with Gasteiger partial charge >= 0.3 is 6.18 Å². The Morgan fingerprint density at radius 1 is 1.21 bits per heavy atom. The standard InChI is InChI=1S/C25H29BrF4N4O3SSi/c1-39(2,3)11-10-37-15-34-14-20(24(32-34)19-12-17(26)6-8-21(19)27)23(16-4-5-16)33-38(35,36)18-7-9-22(31-13-18)25(28,29)30/h6-9,12-14,16,23,33H,4-5,10-11,15H2,1-3H3/t23-/m1/s1. The number of rotatable bonds is 11. The lowest BCUT2D eigenvalue weighted by atomic mass is 9.99. The quantitative estimate of drug-likeness (QED) is 0.144. The van der Waals surface area contributed by atoms with Crippen LogP contribution in [0.5, 0.6) is 0 Å². The third kappa shape index (κ3) is 7.75. The van der Waals surface area contributed by atoms with Gasteiger partial charge in [-0.15, -0.1) is 0 Å². The fourth-order valence-electron chi connectivity index (χ4n) is 3.94. The van der Waals surface area contributed by atoms with Crippen molar-refractivity contribution in [2.45, 2.75) is 62.4 Å². The molecule has 2 aromatic heterocycles. The topological polar surface area (TPSA) is 86.1 Å². The number of aromatic nitrogens is 3. The zero-order valence-electron chi connectivity index (χ0n) is 21.6. The molecule has 4 rings (SSSR count). The summed E-state index contributed by atoms with van der Waals surface area (Å²) in [5, 5.41) is 4.56. The highest BCUT2D eigenvalue weighted by atomic mass is 79.9. The summed E-state index contributed by atoms with van der Waals surface area (Å²) in [6.07, 6.45) is -0.936. The predicted octanol–water partition coefficient (Wildman–Crippen LogP) is 6.61. The van der Waals surface area contributed by atoms with Crippen LogP contribution in [0.15, 0.2) is 52.1 Å². The minimum Gasteiger partial charge on any atom is -0.360 e. The summed E-state index contributed by atoms with van der Waals surface area (Å²) < 4.78 is 90.7. The molecule has 0 saturated heterocycles. The van der Waals surface area contributed by atoms with Crippen molar-refractivity contribution in [1.29, 1.82) is 0 Å². The van der Waals surface area contributed by atoms with Crippen LogP contribution in [0, 0.1) is 11.7 Å². The number of nitrogens with one attached hydrogen (secondary N) is 1. The SMILES string of the molecule is C[Si](C)(C)CCOCn1cc([C@H](NS(=O)(=O)c2ccc(C(F)(F)F)nc2)C2CC2)c(-c2cc(Br)ccc2F)n1. The number of sulfonamides is 1. The van der Waals surface area contributed by atoms with E-state index in [4.69, 9.17) is 4.74 Å². The van der Waals surface area contributed by atoms with Crippen molar-refractivity contribution in [2.24, 2.45) is 5.92 Å². The first-order valence-electron chi connectivity index (χ1n) is 12.3. The molecular formula is C25H29BrF4N4O3SSi. The molecule has 1 saturated carbocycles. The molecule has 212 valence electrons. The summed E-state index contributed by atoms with van der Waals surface area (Å²) in [7, 11) is -5.59. The van der Waals surface area contributed by atoms with Gasteiger partial charge in [0, 0.05) is 42.7 Å². The molecular weight excluding hydrogens is 620 g/mol. The van der Waals surface area contributed by atoms with Gasteiger partial charge in [-0.3, -0.25) is 4.98 Å². The number of alkyl halides is 3. The van der Waals surface area contributed by atoms with Crippen LogP contribution in [0.3, 0.4) is 0 Å². The molecule has 14 heteroatoms. The second kappa shape index (κ2) is 11.4. The van der Waals surface area contributed by atoms with Gasteiger partial charge in [0.05, 0.1) is 6.04 Å². The summed E-state index contributed by atoms with van der Waals surface area (Å²) in [6, 6.07) is 6.05. The summed E-state index contributed by atoms with van der Waals surface area (Å²) in [4.78, 5) is 2.87. The number of ether oxygens (including phenoxy) is 1. The Balaban J connectivity index is 1.68. The average molecular weight is 650 g/mol. The molecule has 7 nitrogen and oxygen atoms in total. The Labute approximate surface area is 234 Å². The van der Waals surface area contributed by atoms with Gasteiger partial charge in [-0.05, 0) is 55.1 Å². The molecule has 0 spiro atoms. The molecule has 1 aliphatic rings. The minimum absolute atomic E-state index is 0.0957. The normalized spacial score (nSPS) is 15.5. The number of benzene rings is 1. The highest BCUT2D eigenvalue weighted by Crippen LogP contribution is 2.45. The van der Waals surface area contributed by atoms with E-state index in [-0.39, 0.29) is 23.9 Å². The van der Waals surface area contributed by atoms with Crippen molar-refractivity contribution in [3.63, 3.8) is 0 Å². The van der Waals surface area contributed by atoms with Gasteiger partial charge in [-0.25, -0.2) is 22.2 Å². The van der Waals surface area contributed by atoms with Gasteiger partial charge in [-0.1, -0.05) is 35.6 Å². The van der Waals surface area contributed by atoms with Crippen molar-refractivity contribution in [3.8, 4) is 11.3 Å². The molecule has 1 N–H and O–H groups in total. The number of pyridine rings is 1. The zero-order chi connectivity index (χ0) is 28.6. The molecule has 0 radical (unpaired) electrons. The van der Waals surface area contributed by atoms with Crippen molar-refractivity contribution in [2.75, 3.05) is 6.61 Å². The zero-order valence-corrected chi connectivity index (χ0v) is 25.0. The fraction of sp³-hybridized carbons (Fsp3) is 0.440. The van der Waals surface area contributed by atoms with E-state index < -0.39 is 46.7 Å². The van der Waals surface area contributed by atoms with Crippen molar-refractivity contribution >= 4 is 34.0 Å². The lowest BCUT2D eigenvalue weighted by molar-refractivity contribution is -0.141. The first-order chi connectivity index (χ1) is 18.1. The van der Waals surface area contributed by atoms with Crippen LogP contribution in [-0.4, -0.2) is 37.9 Å². The lowest BCUT2D eigenvalue weighted by Crippen LogP contribution is -2.30. The van der Waals surface area contributed by atoms with Gasteiger partial charge in [0.15, 0.2) is 0 Å². The highest BCUT2D eigenvalue weighted by Gasteiger charge is 2.39. The van der Waals surface area contributed by atoms with Crippen LogP contribution in [0.25, 0.3) is 11.3 Å². The monoisotopic (exact) mass is 648 g/mol. The molecule has 0 aliphatic heterocycles. The van der Waals surface area contributed by atoms with E-state index in [1.165, 1.54) is 10.7 Å². The molecule has 1 fully saturated rings. The number of hydrogen-bond acceptors (Lipinski definition) is 5. The predicted molar refractivity (Wildman–Crippen MR) is 144 cm³/mol. The third-order valence-electron chi connectivity index (χ3n) is 6.24. The van der Waals surface area contributed by atoms with Gasteiger partial charge < -0.3 is 4.74 Å². The minimum atomic E-state index is -4.69. The first-order valence-corrected chi connectivity index (χ1v) is 18.3. The average Bonchev–Trinajstić information content (AvgIpc) is 3.60. The molecule has 0 amide bonds. The van der Waals surface area contributed by atoms with Crippen LogP contribution < -0.4 is 4.72 Å². The van der Waals surface area contributed by atoms with E-state index in [9.17, 15) is 26.0 Å². The Hall–Kier alpha value is -2.13. The van der Waals surface area contributed by atoms with Crippen LogP contribution >= 0.6 is 15.9 Å². The molecule has 3 aromatic rings. The molecule has 39 heavy (non-hydrogen) atoms. The van der Waals surface area contributed by atoms with Crippen molar-refractivity contribution in [3.05, 3.63) is 64.3 Å². The van der Waals surface area contributed by atoms with Crippen LogP contribution in [0.4, 0.5) is 17.6 Å². The maximum Gasteiger partial charge on any atom is 0.433 e. The Morgan fingerprint density at radius 2 is 1.92 bits per heavy atom. The van der Waals surface area contributed by atoms with Gasteiger partial charge in [0.1, 0.15) is 28.8 Å². The Bertz CT molecular complexity index is 1420. The number of nitrogens with zero attached hydrogens (tertiary/aromatic N) is 3. The number of hydrogen-bond donors (Lipinski definition) is 1. The van der Waals surface area contributed by atoms with E-state index in [0.717, 1.165) is 25.0 Å². The van der Waals surface area contributed by atoms with Gasteiger partial charge in [0.2, 0.25) is 10.0 Å². The summed E-state index contributed by atoms with van der Waals surface area (Å²) in [5.41, 5.74) is -0.302. The van der Waals surface area contributed by atoms with E-state index in [1.54, 1.807) is 18.3 Å². The van der Waals surface area contributed by atoms with Gasteiger partial charge in [0.25, 0.3) is 0 Å². The molecule has 0 bridgehead atoms. The second-order valence-corrected chi connectivity index (χ2v) is 19.0. The summed E-state index contributed by atoms with van der Waals surface area (Å²) in [6.45, 7) is 7.32. The first kappa shape index (κ1) is 29.8. The maximum absolute atomic E-state index is 15.0. The smallest absolute Gasteiger partial charge is 0.360 e. The van der Waals surface area contributed by atoms with E-state index in [2.05, 4.69) is 50.4 Å². The maximum atomic E-state index is 15.0. The van der Waals surface area contributed by atoms with Gasteiger partial charge in [-0.2, -0.15) is 18.3 Å². The van der Waals surface area contributed by atoms with E-state index in [1.807, 2.05) is 0 Å². The molecule has 0 unspecified atom stereocenters. The third-order valence-corrected chi connectivity index (χ3v) is 9.86. The molecule has 2 heterocycles. The second-order valence-electron chi connectivity index (χ2n) is 10.8. The van der Waals surface area contributed by atoms with E-state index >= 15 is 0 Å². The molecule has 1 atom stereocenters. The summed E-state index contributed by atoms with van der Waals surface area (Å²) >= 11 is 3.35. The van der Waals surface area contributed by atoms with Crippen LogP contribution in [0.2, 0.25) is 25.7 Å². The molecule has 1 aliphatic carbocycles. The Morgan fingerprint density at radius 3 is 2.51 bits per heavy atom. The molecule has 1 aromatic carbocycles. The van der Waals surface area contributed by atoms with E-state index in [0.29, 0.717) is 28.9 Å². The Kier molecular flexibility index (Phi) is 8.72. The largest absolute Gasteiger partial charge is 0.433 e. The summed E-state index contributed by atoms with van der Waals surface area (Å²) in [5.74, 6) is -0.629. The van der Waals surface area contributed by atoms with Crippen LogP contribution in [0.1, 0.15) is 30.1 Å². The number of halogens is 5. The fourth-order valence-corrected chi connectivity index (χ4v) is 6.29. The van der Waals surface area contributed by atoms with Crippen LogP contribution in [-0.2, 0) is 27.7 Å². The lowest BCUT2D eigenvalue weighted by Gasteiger charge is -2.19.